The van der Waals surface area contributed by atoms with Crippen LogP contribution in [0.1, 0.15) is 39.2 Å². The quantitative estimate of drug-likeness (QED) is 0.910. The van der Waals surface area contributed by atoms with E-state index >= 15 is 0 Å². The summed E-state index contributed by atoms with van der Waals surface area (Å²) >= 11 is 1.72. The maximum absolute atomic E-state index is 12.2. The van der Waals surface area contributed by atoms with E-state index < -0.39 is 5.60 Å². The third-order valence-corrected chi connectivity index (χ3v) is 5.40. The van der Waals surface area contributed by atoms with Crippen molar-refractivity contribution in [3.05, 3.63) is 29.8 Å². The molecule has 4 nitrogen and oxygen atoms in total. The molecule has 1 heterocycles. The predicted molar refractivity (Wildman–Crippen MR) is 93.9 cm³/mol. The Morgan fingerprint density at radius 1 is 1.35 bits per heavy atom. The van der Waals surface area contributed by atoms with E-state index in [4.69, 9.17) is 4.74 Å². The zero-order chi connectivity index (χ0) is 17.1. The summed E-state index contributed by atoms with van der Waals surface area (Å²) in [6.45, 7) is 9.05. The Labute approximate surface area is 143 Å². The summed E-state index contributed by atoms with van der Waals surface area (Å²) in [6.07, 6.45) is 1.27. The van der Waals surface area contributed by atoms with E-state index in [9.17, 15) is 9.90 Å². The van der Waals surface area contributed by atoms with Crippen molar-refractivity contribution in [2.45, 2.75) is 55.8 Å². The molecule has 0 aliphatic carbocycles. The molecule has 1 aliphatic heterocycles. The molecule has 1 aromatic rings. The molecule has 0 radical (unpaired) electrons. The molecule has 0 aromatic heterocycles. The largest absolute Gasteiger partial charge is 0.444 e. The fourth-order valence-electron chi connectivity index (χ4n) is 2.64. The third kappa shape index (κ3) is 5.15. The van der Waals surface area contributed by atoms with E-state index in [2.05, 4.69) is 25.1 Å². The zero-order valence-corrected chi connectivity index (χ0v) is 15.3. The van der Waals surface area contributed by atoms with Crippen LogP contribution in [0.2, 0.25) is 0 Å². The highest BCUT2D eigenvalue weighted by Crippen LogP contribution is 2.41. The highest BCUT2D eigenvalue weighted by molar-refractivity contribution is 8.00. The summed E-state index contributed by atoms with van der Waals surface area (Å²) in [7, 11) is 0. The highest BCUT2D eigenvalue weighted by atomic mass is 32.2. The number of aliphatic hydroxyl groups is 1. The summed E-state index contributed by atoms with van der Waals surface area (Å²) in [5.41, 5.74) is 0.744. The smallest absolute Gasteiger partial charge is 0.410 e. The van der Waals surface area contributed by atoms with Gasteiger partial charge in [-0.1, -0.05) is 17.7 Å². The maximum atomic E-state index is 12.2. The molecule has 23 heavy (non-hydrogen) atoms. The van der Waals surface area contributed by atoms with Crippen LogP contribution in [0.3, 0.4) is 0 Å². The summed E-state index contributed by atoms with van der Waals surface area (Å²) in [5, 5.41) is 9.93. The van der Waals surface area contributed by atoms with Crippen molar-refractivity contribution in [2.75, 3.05) is 19.7 Å². The summed E-state index contributed by atoms with van der Waals surface area (Å²) in [4.78, 5) is 15.1. The minimum atomic E-state index is -0.473. The molecule has 1 amide bonds. The first-order valence-electron chi connectivity index (χ1n) is 8.07. The SMILES string of the molecule is Cc1cccc(SC2(CO)CCN(C(=O)OC(C)(C)C)CC2)c1. The second-order valence-electron chi connectivity index (χ2n) is 7.23. The van der Waals surface area contributed by atoms with E-state index in [-0.39, 0.29) is 17.4 Å². The highest BCUT2D eigenvalue weighted by Gasteiger charge is 2.37. The van der Waals surface area contributed by atoms with Crippen LogP contribution < -0.4 is 0 Å². The van der Waals surface area contributed by atoms with Crippen molar-refractivity contribution in [1.29, 1.82) is 0 Å². The van der Waals surface area contributed by atoms with Gasteiger partial charge in [0.25, 0.3) is 0 Å². The lowest BCUT2D eigenvalue weighted by Crippen LogP contribution is -2.48. The molecule has 5 heteroatoms. The number of nitrogens with zero attached hydrogens (tertiary/aromatic N) is 1. The summed E-state index contributed by atoms with van der Waals surface area (Å²) < 4.78 is 5.21. The van der Waals surface area contributed by atoms with Gasteiger partial charge in [-0.05, 0) is 52.7 Å². The molecule has 2 rings (SSSR count). The van der Waals surface area contributed by atoms with Gasteiger partial charge in [0.1, 0.15) is 5.60 Å². The topological polar surface area (TPSA) is 49.8 Å². The first-order chi connectivity index (χ1) is 10.7. The summed E-state index contributed by atoms with van der Waals surface area (Å²) in [5.74, 6) is 0. The first-order valence-corrected chi connectivity index (χ1v) is 8.89. The fraction of sp³-hybridized carbons (Fsp3) is 0.611. The van der Waals surface area contributed by atoms with Gasteiger partial charge in [0.05, 0.1) is 6.61 Å². The number of carbonyl (C=O) groups is 1. The standard InChI is InChI=1S/C18H27NO3S/c1-14-6-5-7-15(12-14)23-18(13-20)8-10-19(11-9-18)16(21)22-17(2,3)4/h5-7,12,20H,8-11,13H2,1-4H3. The molecule has 0 bridgehead atoms. The molecule has 1 aromatic carbocycles. The van der Waals surface area contributed by atoms with Crippen molar-refractivity contribution < 1.29 is 14.6 Å². The first kappa shape index (κ1) is 18.1. The minimum Gasteiger partial charge on any atom is -0.444 e. The Bertz CT molecular complexity index is 545. The summed E-state index contributed by atoms with van der Waals surface area (Å²) in [6, 6.07) is 8.33. The van der Waals surface area contributed by atoms with Crippen molar-refractivity contribution in [3.8, 4) is 0 Å². The van der Waals surface area contributed by atoms with Crippen molar-refractivity contribution in [3.63, 3.8) is 0 Å². The molecular weight excluding hydrogens is 310 g/mol. The Hall–Kier alpha value is -1.20. The minimum absolute atomic E-state index is 0.119. The lowest BCUT2D eigenvalue weighted by atomic mass is 9.97. The number of hydrogen-bond donors (Lipinski definition) is 1. The van der Waals surface area contributed by atoms with E-state index in [1.807, 2.05) is 26.8 Å². The van der Waals surface area contributed by atoms with Gasteiger partial charge in [0.15, 0.2) is 0 Å². The third-order valence-electron chi connectivity index (χ3n) is 3.94. The van der Waals surface area contributed by atoms with Gasteiger partial charge in [-0.15, -0.1) is 11.8 Å². The van der Waals surface area contributed by atoms with Crippen LogP contribution >= 0.6 is 11.8 Å². The van der Waals surface area contributed by atoms with Crippen LogP contribution in [0.5, 0.6) is 0 Å². The van der Waals surface area contributed by atoms with Gasteiger partial charge in [-0.25, -0.2) is 4.79 Å². The number of benzene rings is 1. The molecule has 0 spiro atoms. The number of aliphatic hydroxyl groups excluding tert-OH is 1. The van der Waals surface area contributed by atoms with Crippen LogP contribution in [-0.2, 0) is 4.74 Å². The van der Waals surface area contributed by atoms with Gasteiger partial charge in [-0.3, -0.25) is 0 Å². The number of ether oxygens (including phenoxy) is 1. The van der Waals surface area contributed by atoms with E-state index in [0.717, 1.165) is 12.8 Å². The Morgan fingerprint density at radius 3 is 2.52 bits per heavy atom. The van der Waals surface area contributed by atoms with E-state index in [0.29, 0.717) is 13.1 Å². The van der Waals surface area contributed by atoms with Gasteiger partial charge in [0, 0.05) is 22.7 Å². The number of thioether (sulfide) groups is 1. The molecule has 1 saturated heterocycles. The Balaban J connectivity index is 1.98. The second kappa shape index (κ2) is 7.14. The molecule has 0 unspecified atom stereocenters. The fourth-order valence-corrected chi connectivity index (χ4v) is 3.99. The number of carbonyl (C=O) groups excluding carboxylic acids is 1. The van der Waals surface area contributed by atoms with Crippen molar-refractivity contribution in [1.82, 2.24) is 4.90 Å². The lowest BCUT2D eigenvalue weighted by Gasteiger charge is -2.40. The second-order valence-corrected chi connectivity index (χ2v) is 8.77. The average molecular weight is 337 g/mol. The lowest BCUT2D eigenvalue weighted by molar-refractivity contribution is 0.0179. The van der Waals surface area contributed by atoms with Crippen LogP contribution in [0.4, 0.5) is 4.79 Å². The molecule has 1 fully saturated rings. The normalized spacial score (nSPS) is 17.9. The van der Waals surface area contributed by atoms with Crippen molar-refractivity contribution in [2.24, 2.45) is 0 Å². The van der Waals surface area contributed by atoms with Gasteiger partial charge in [-0.2, -0.15) is 0 Å². The van der Waals surface area contributed by atoms with Crippen LogP contribution in [0.25, 0.3) is 0 Å². The van der Waals surface area contributed by atoms with Gasteiger partial charge >= 0.3 is 6.09 Å². The number of amides is 1. The molecular formula is C18H27NO3S. The van der Waals surface area contributed by atoms with Crippen LogP contribution in [0, 0.1) is 6.92 Å². The van der Waals surface area contributed by atoms with E-state index in [1.54, 1.807) is 16.7 Å². The Morgan fingerprint density at radius 2 is 2.00 bits per heavy atom. The molecule has 0 atom stereocenters. The number of likely N-dealkylation sites (tertiary alicyclic amines) is 1. The monoisotopic (exact) mass is 337 g/mol. The van der Waals surface area contributed by atoms with Crippen molar-refractivity contribution >= 4 is 17.9 Å². The molecule has 1 aliphatic rings. The van der Waals surface area contributed by atoms with Gasteiger partial charge in [0.2, 0.25) is 0 Å². The number of aryl methyl sites for hydroxylation is 1. The maximum Gasteiger partial charge on any atom is 0.410 e. The Kier molecular flexibility index (Phi) is 5.63. The zero-order valence-electron chi connectivity index (χ0n) is 14.5. The van der Waals surface area contributed by atoms with Gasteiger partial charge < -0.3 is 14.7 Å². The molecule has 0 saturated carbocycles. The average Bonchev–Trinajstić information content (AvgIpc) is 2.46. The predicted octanol–water partition coefficient (Wildman–Crippen LogP) is 3.85. The molecule has 1 N–H and O–H groups in total. The number of hydrogen-bond acceptors (Lipinski definition) is 4. The number of rotatable bonds is 3. The molecule has 128 valence electrons. The number of piperidine rings is 1. The van der Waals surface area contributed by atoms with Crippen LogP contribution in [-0.4, -0.2) is 46.1 Å². The van der Waals surface area contributed by atoms with E-state index in [1.165, 1.54) is 10.5 Å². The van der Waals surface area contributed by atoms with Crippen LogP contribution in [0.15, 0.2) is 29.2 Å².